The molecule has 0 aliphatic rings. The van der Waals surface area contributed by atoms with E-state index in [4.69, 9.17) is 16.3 Å². The fourth-order valence-electron chi connectivity index (χ4n) is 2.10. The van der Waals surface area contributed by atoms with E-state index in [0.29, 0.717) is 24.1 Å². The number of halogens is 1. The number of benzene rings is 1. The van der Waals surface area contributed by atoms with Crippen molar-refractivity contribution >= 4 is 11.6 Å². The van der Waals surface area contributed by atoms with Gasteiger partial charge in [-0.25, -0.2) is 0 Å². The van der Waals surface area contributed by atoms with Crippen LogP contribution < -0.4 is 10.3 Å². The maximum atomic E-state index is 11.7. The SMILES string of the molecule is O=c1ccccn1Cc1ccc(COc2cnnc(Cl)c2)cc1. The van der Waals surface area contributed by atoms with Crippen molar-refractivity contribution in [3.8, 4) is 5.75 Å². The van der Waals surface area contributed by atoms with Crippen molar-refractivity contribution in [3.63, 3.8) is 0 Å². The highest BCUT2D eigenvalue weighted by Crippen LogP contribution is 2.15. The summed E-state index contributed by atoms with van der Waals surface area (Å²) in [6.07, 6.45) is 3.29. The number of nitrogens with zero attached hydrogens (tertiary/aromatic N) is 3. The van der Waals surface area contributed by atoms with Crippen LogP contribution in [0.3, 0.4) is 0 Å². The summed E-state index contributed by atoms with van der Waals surface area (Å²) in [5, 5.41) is 7.68. The summed E-state index contributed by atoms with van der Waals surface area (Å²) >= 11 is 5.76. The molecule has 0 radical (unpaired) electrons. The van der Waals surface area contributed by atoms with Gasteiger partial charge in [-0.2, -0.15) is 5.10 Å². The second-order valence-corrected chi connectivity index (χ2v) is 5.37. The molecule has 0 saturated carbocycles. The molecule has 2 aromatic heterocycles. The zero-order chi connectivity index (χ0) is 16.1. The minimum Gasteiger partial charge on any atom is -0.487 e. The Morgan fingerprint density at radius 3 is 2.61 bits per heavy atom. The maximum Gasteiger partial charge on any atom is 0.250 e. The molecule has 23 heavy (non-hydrogen) atoms. The van der Waals surface area contributed by atoms with Crippen molar-refractivity contribution in [2.75, 3.05) is 0 Å². The topological polar surface area (TPSA) is 57.0 Å². The third kappa shape index (κ3) is 4.17. The Kier molecular flexibility index (Phi) is 4.68. The lowest BCUT2D eigenvalue weighted by Gasteiger charge is -2.08. The maximum absolute atomic E-state index is 11.7. The molecule has 1 aromatic carbocycles. The lowest BCUT2D eigenvalue weighted by molar-refractivity contribution is 0.304. The van der Waals surface area contributed by atoms with Gasteiger partial charge in [0.15, 0.2) is 5.15 Å². The van der Waals surface area contributed by atoms with E-state index in [1.54, 1.807) is 29.0 Å². The van der Waals surface area contributed by atoms with E-state index in [1.165, 1.54) is 6.20 Å². The van der Waals surface area contributed by atoms with Crippen LogP contribution in [-0.4, -0.2) is 14.8 Å². The third-order valence-electron chi connectivity index (χ3n) is 3.28. The Labute approximate surface area is 138 Å². The van der Waals surface area contributed by atoms with Crippen molar-refractivity contribution < 1.29 is 4.74 Å². The smallest absolute Gasteiger partial charge is 0.250 e. The summed E-state index contributed by atoms with van der Waals surface area (Å²) in [4.78, 5) is 11.7. The summed E-state index contributed by atoms with van der Waals surface area (Å²) in [6, 6.07) is 14.7. The van der Waals surface area contributed by atoms with Gasteiger partial charge < -0.3 is 9.30 Å². The number of ether oxygens (including phenoxy) is 1. The highest BCUT2D eigenvalue weighted by atomic mass is 35.5. The molecule has 0 N–H and O–H groups in total. The van der Waals surface area contributed by atoms with Crippen LogP contribution in [0.1, 0.15) is 11.1 Å². The number of aromatic nitrogens is 3. The molecule has 3 rings (SSSR count). The van der Waals surface area contributed by atoms with E-state index in [-0.39, 0.29) is 5.56 Å². The normalized spacial score (nSPS) is 10.5. The summed E-state index contributed by atoms with van der Waals surface area (Å²) in [7, 11) is 0. The Morgan fingerprint density at radius 1 is 1.09 bits per heavy atom. The molecular formula is C17H14ClN3O2. The fourth-order valence-corrected chi connectivity index (χ4v) is 2.25. The lowest BCUT2D eigenvalue weighted by Crippen LogP contribution is -2.18. The first-order chi connectivity index (χ1) is 11.2. The Hall–Kier alpha value is -2.66. The molecule has 0 aliphatic heterocycles. The molecule has 0 atom stereocenters. The molecule has 0 amide bonds. The quantitative estimate of drug-likeness (QED) is 0.723. The van der Waals surface area contributed by atoms with Gasteiger partial charge in [-0.3, -0.25) is 4.79 Å². The first-order valence-corrected chi connectivity index (χ1v) is 7.43. The summed E-state index contributed by atoms with van der Waals surface area (Å²) in [5.41, 5.74) is 2.06. The van der Waals surface area contributed by atoms with Gasteiger partial charge in [0, 0.05) is 18.3 Å². The highest BCUT2D eigenvalue weighted by Gasteiger charge is 2.01. The molecule has 6 heteroatoms. The summed E-state index contributed by atoms with van der Waals surface area (Å²) in [6.45, 7) is 0.957. The van der Waals surface area contributed by atoms with Gasteiger partial charge in [0.1, 0.15) is 12.4 Å². The lowest BCUT2D eigenvalue weighted by atomic mass is 10.1. The van der Waals surface area contributed by atoms with Gasteiger partial charge in [-0.15, -0.1) is 5.10 Å². The van der Waals surface area contributed by atoms with Crippen molar-refractivity contribution in [3.05, 3.63) is 87.6 Å². The second kappa shape index (κ2) is 7.07. The van der Waals surface area contributed by atoms with Gasteiger partial charge in [0.2, 0.25) is 0 Å². The largest absolute Gasteiger partial charge is 0.487 e. The summed E-state index contributed by atoms with van der Waals surface area (Å²) < 4.78 is 7.27. The predicted molar refractivity (Wildman–Crippen MR) is 87.6 cm³/mol. The Balaban J connectivity index is 1.63. The molecule has 0 saturated heterocycles. The molecule has 0 unspecified atom stereocenters. The van der Waals surface area contributed by atoms with Gasteiger partial charge >= 0.3 is 0 Å². The van der Waals surface area contributed by atoms with Gasteiger partial charge in [-0.1, -0.05) is 41.9 Å². The van der Waals surface area contributed by atoms with Crippen molar-refractivity contribution in [1.29, 1.82) is 0 Å². The van der Waals surface area contributed by atoms with Crippen LogP contribution in [0.15, 0.2) is 65.7 Å². The highest BCUT2D eigenvalue weighted by molar-refractivity contribution is 6.29. The monoisotopic (exact) mass is 327 g/mol. The minimum atomic E-state index is -0.0121. The average Bonchev–Trinajstić information content (AvgIpc) is 2.56. The predicted octanol–water partition coefficient (Wildman–Crippen LogP) is 2.92. The van der Waals surface area contributed by atoms with Crippen LogP contribution >= 0.6 is 11.6 Å². The van der Waals surface area contributed by atoms with Crippen molar-refractivity contribution in [2.45, 2.75) is 13.2 Å². The number of pyridine rings is 1. The molecule has 0 spiro atoms. The zero-order valence-corrected chi connectivity index (χ0v) is 13.0. The fraction of sp³-hybridized carbons (Fsp3) is 0.118. The first-order valence-electron chi connectivity index (χ1n) is 7.05. The molecule has 2 heterocycles. The number of rotatable bonds is 5. The van der Waals surface area contributed by atoms with Crippen LogP contribution in [0.2, 0.25) is 5.15 Å². The van der Waals surface area contributed by atoms with E-state index < -0.39 is 0 Å². The molecule has 116 valence electrons. The number of hydrogen-bond donors (Lipinski definition) is 0. The van der Waals surface area contributed by atoms with Gasteiger partial charge in [0.25, 0.3) is 5.56 Å². The Morgan fingerprint density at radius 2 is 1.87 bits per heavy atom. The van der Waals surface area contributed by atoms with Crippen LogP contribution in [0, 0.1) is 0 Å². The first kappa shape index (κ1) is 15.2. The summed E-state index contributed by atoms with van der Waals surface area (Å²) in [5.74, 6) is 0.574. The van der Waals surface area contributed by atoms with Crippen molar-refractivity contribution in [1.82, 2.24) is 14.8 Å². The van der Waals surface area contributed by atoms with Crippen LogP contribution in [0.4, 0.5) is 0 Å². The molecule has 5 nitrogen and oxygen atoms in total. The standard InChI is InChI=1S/C17H14ClN3O2/c18-16-9-15(10-19-20-16)23-12-14-6-4-13(5-7-14)11-21-8-2-1-3-17(21)22/h1-10H,11-12H2. The van der Waals surface area contributed by atoms with Crippen LogP contribution in [0.5, 0.6) is 5.75 Å². The third-order valence-corrected chi connectivity index (χ3v) is 3.46. The minimum absolute atomic E-state index is 0.0121. The second-order valence-electron chi connectivity index (χ2n) is 4.99. The molecule has 0 fully saturated rings. The van der Waals surface area contributed by atoms with E-state index in [1.807, 2.05) is 30.3 Å². The average molecular weight is 328 g/mol. The molecule has 0 bridgehead atoms. The Bertz CT molecular complexity index is 847. The van der Waals surface area contributed by atoms with Crippen LogP contribution in [-0.2, 0) is 13.2 Å². The van der Waals surface area contributed by atoms with Crippen LogP contribution in [0.25, 0.3) is 0 Å². The van der Waals surface area contributed by atoms with E-state index >= 15 is 0 Å². The molecule has 0 aliphatic carbocycles. The van der Waals surface area contributed by atoms with E-state index in [0.717, 1.165) is 11.1 Å². The zero-order valence-electron chi connectivity index (χ0n) is 12.2. The van der Waals surface area contributed by atoms with Gasteiger partial charge in [0.05, 0.1) is 12.7 Å². The number of hydrogen-bond acceptors (Lipinski definition) is 4. The van der Waals surface area contributed by atoms with E-state index in [9.17, 15) is 4.79 Å². The van der Waals surface area contributed by atoms with Gasteiger partial charge in [-0.05, 0) is 17.2 Å². The van der Waals surface area contributed by atoms with Crippen molar-refractivity contribution in [2.24, 2.45) is 0 Å². The van der Waals surface area contributed by atoms with E-state index in [2.05, 4.69) is 10.2 Å². The molecule has 3 aromatic rings. The molecular weight excluding hydrogens is 314 g/mol.